The van der Waals surface area contributed by atoms with E-state index >= 15 is 0 Å². The first-order valence-corrected chi connectivity index (χ1v) is 11.5. The van der Waals surface area contributed by atoms with Gasteiger partial charge in [-0.2, -0.15) is 5.21 Å². The summed E-state index contributed by atoms with van der Waals surface area (Å²) in [5, 5.41) is 24.8. The highest BCUT2D eigenvalue weighted by Gasteiger charge is 2.44. The Labute approximate surface area is 185 Å². The van der Waals surface area contributed by atoms with E-state index in [-0.39, 0.29) is 18.5 Å². The molecule has 0 aromatic carbocycles. The predicted molar refractivity (Wildman–Crippen MR) is 116 cm³/mol. The van der Waals surface area contributed by atoms with Gasteiger partial charge in [-0.15, -0.1) is 21.5 Å². The maximum absolute atomic E-state index is 12.7. The number of hydrogen-bond donors (Lipinski definition) is 2. The van der Waals surface area contributed by atoms with Gasteiger partial charge in [-0.25, -0.2) is 4.79 Å². The molecule has 31 heavy (non-hydrogen) atoms. The van der Waals surface area contributed by atoms with Gasteiger partial charge in [0.15, 0.2) is 5.82 Å². The Morgan fingerprint density at radius 3 is 2.84 bits per heavy atom. The van der Waals surface area contributed by atoms with E-state index in [2.05, 4.69) is 27.5 Å². The van der Waals surface area contributed by atoms with Crippen molar-refractivity contribution in [2.75, 3.05) is 25.2 Å². The number of unbranched alkanes of at least 4 members (excludes halogenated alkanes) is 3. The van der Waals surface area contributed by atoms with Crippen molar-refractivity contribution in [1.29, 1.82) is 0 Å². The largest absolute Gasteiger partial charge is 0.388 e. The number of thiophene rings is 1. The maximum Gasteiger partial charge on any atom is 0.332 e. The highest BCUT2D eigenvalue weighted by molar-refractivity contribution is 7.16. The van der Waals surface area contributed by atoms with E-state index in [0.29, 0.717) is 30.3 Å². The van der Waals surface area contributed by atoms with Crippen LogP contribution in [0.5, 0.6) is 0 Å². The van der Waals surface area contributed by atoms with Gasteiger partial charge in [0, 0.05) is 25.0 Å². The number of carbonyl (C=O) groups excluding carboxylic acids is 2. The molecule has 2 N–H and O–H groups in total. The summed E-state index contributed by atoms with van der Waals surface area (Å²) in [6.45, 7) is 2.72. The number of nitrogens with one attached hydrogen (secondary N) is 1. The number of tetrazole rings is 1. The Bertz CT molecular complexity index is 843. The minimum absolute atomic E-state index is 0.128. The topological polar surface area (TPSA) is 125 Å². The molecule has 1 aliphatic heterocycles. The predicted octanol–water partition coefficient (Wildman–Crippen LogP) is 2.68. The second kappa shape index (κ2) is 11.3. The molecule has 3 rings (SSSR count). The Kier molecular flexibility index (Phi) is 8.50. The van der Waals surface area contributed by atoms with Crippen molar-refractivity contribution in [3.05, 3.63) is 22.8 Å². The number of ether oxygens (including phenoxy) is 1. The lowest BCUT2D eigenvalue weighted by atomic mass is 10.1. The first-order valence-electron chi connectivity index (χ1n) is 10.7. The summed E-state index contributed by atoms with van der Waals surface area (Å²) < 4.78 is 5.73. The molecule has 2 atom stereocenters. The van der Waals surface area contributed by atoms with E-state index in [1.807, 2.05) is 6.07 Å². The summed E-state index contributed by atoms with van der Waals surface area (Å²) in [5.41, 5.74) is 0. The van der Waals surface area contributed by atoms with Crippen molar-refractivity contribution in [3.8, 4) is 0 Å². The van der Waals surface area contributed by atoms with Crippen molar-refractivity contribution in [3.63, 3.8) is 0 Å². The zero-order valence-corrected chi connectivity index (χ0v) is 18.8. The van der Waals surface area contributed by atoms with Gasteiger partial charge in [-0.1, -0.05) is 31.4 Å². The second-order valence-corrected chi connectivity index (χ2v) is 8.71. The number of aliphatic hydroxyl groups excluding tert-OH is 1. The number of aliphatic hydroxyl groups is 1. The van der Waals surface area contributed by atoms with Crippen molar-refractivity contribution in [2.24, 2.45) is 0 Å². The van der Waals surface area contributed by atoms with Crippen LogP contribution in [0.1, 0.15) is 62.3 Å². The highest BCUT2D eigenvalue weighted by Crippen LogP contribution is 2.36. The number of anilines is 1. The molecule has 3 heterocycles. The molecule has 0 radical (unpaired) electrons. The summed E-state index contributed by atoms with van der Waals surface area (Å²) in [5.74, 6) is 0.380. The van der Waals surface area contributed by atoms with Crippen molar-refractivity contribution in [2.45, 2.75) is 64.0 Å². The molecule has 1 saturated heterocycles. The second-order valence-electron chi connectivity index (χ2n) is 7.61. The highest BCUT2D eigenvalue weighted by atomic mass is 32.1. The van der Waals surface area contributed by atoms with Gasteiger partial charge in [-0.3, -0.25) is 14.6 Å². The van der Waals surface area contributed by atoms with Gasteiger partial charge in [0.05, 0.1) is 12.7 Å². The first kappa shape index (κ1) is 23.3. The van der Waals surface area contributed by atoms with Gasteiger partial charge in [0.2, 0.25) is 0 Å². The third-order valence-corrected chi connectivity index (χ3v) is 6.47. The number of carbonyl (C=O) groups is 2. The van der Waals surface area contributed by atoms with Gasteiger partial charge in [0.25, 0.3) is 5.91 Å². The quantitative estimate of drug-likeness (QED) is 0.355. The number of nitrogens with zero attached hydrogens (tertiary/aromatic N) is 5. The lowest BCUT2D eigenvalue weighted by molar-refractivity contribution is -0.127. The lowest BCUT2D eigenvalue weighted by Crippen LogP contribution is -2.38. The summed E-state index contributed by atoms with van der Waals surface area (Å²) in [7, 11) is 1.48. The Balaban J connectivity index is 1.54. The normalized spacial score (nSPS) is 17.7. The van der Waals surface area contributed by atoms with Crippen LogP contribution in [0, 0.1) is 0 Å². The third kappa shape index (κ3) is 5.86. The fourth-order valence-electron chi connectivity index (χ4n) is 3.47. The molecule has 0 bridgehead atoms. The number of hydrogen-bond acceptors (Lipinski definition) is 8. The number of H-pyrrole nitrogens is 1. The summed E-state index contributed by atoms with van der Waals surface area (Å²) in [6, 6.07) is 2.57. The molecule has 2 aromatic rings. The van der Waals surface area contributed by atoms with E-state index in [0.717, 1.165) is 41.9 Å². The minimum Gasteiger partial charge on any atom is -0.388 e. The summed E-state index contributed by atoms with van der Waals surface area (Å²) >= 11 is 1.35. The standard InChI is InChI=1S/C20H30N6O4S/c1-3-4-5-8-15(27)16-10-11-18(31-16)26-14(19(28)25(2)20(26)29)13-30-12-7-6-9-17-21-23-24-22-17/h10-11,14-15,27H,3-9,12-13H2,1-2H3,(H,21,22,23,24). The number of urea groups is 1. The smallest absolute Gasteiger partial charge is 0.332 e. The number of imide groups is 1. The van der Waals surface area contributed by atoms with Gasteiger partial charge >= 0.3 is 6.03 Å². The van der Waals surface area contributed by atoms with Gasteiger partial charge in [-0.05, 0) is 31.4 Å². The monoisotopic (exact) mass is 450 g/mol. The van der Waals surface area contributed by atoms with Crippen molar-refractivity contribution >= 4 is 28.3 Å². The first-order chi connectivity index (χ1) is 15.0. The zero-order valence-electron chi connectivity index (χ0n) is 18.0. The fourth-order valence-corrected chi connectivity index (χ4v) is 4.54. The number of amides is 3. The number of aromatic amines is 1. The van der Waals surface area contributed by atoms with Crippen LogP contribution in [0.4, 0.5) is 9.80 Å². The Morgan fingerprint density at radius 1 is 1.26 bits per heavy atom. The van der Waals surface area contributed by atoms with Gasteiger partial charge in [0.1, 0.15) is 11.0 Å². The molecular weight excluding hydrogens is 420 g/mol. The van der Waals surface area contributed by atoms with E-state index < -0.39 is 12.1 Å². The number of aryl methyl sites for hydroxylation is 1. The molecule has 1 fully saturated rings. The van der Waals surface area contributed by atoms with E-state index in [1.165, 1.54) is 23.3 Å². The maximum atomic E-state index is 12.7. The summed E-state index contributed by atoms with van der Waals surface area (Å²) in [4.78, 5) is 28.7. The van der Waals surface area contributed by atoms with Crippen LogP contribution in [0.3, 0.4) is 0 Å². The fraction of sp³-hybridized carbons (Fsp3) is 0.650. The molecule has 1 aliphatic rings. The summed E-state index contributed by atoms with van der Waals surface area (Å²) in [6.07, 6.45) is 5.59. The molecular formula is C20H30N6O4S. The van der Waals surface area contributed by atoms with Crippen LogP contribution in [0.25, 0.3) is 0 Å². The Morgan fingerprint density at radius 2 is 2.10 bits per heavy atom. The zero-order chi connectivity index (χ0) is 22.2. The van der Waals surface area contributed by atoms with E-state index in [1.54, 1.807) is 6.07 Å². The SMILES string of the molecule is CCCCCC(O)c1ccc(N2C(=O)N(C)C(=O)C2COCCCCc2nn[nH]n2)s1. The van der Waals surface area contributed by atoms with Crippen molar-refractivity contribution in [1.82, 2.24) is 25.5 Å². The Hall–Kier alpha value is -2.37. The molecule has 11 heteroatoms. The van der Waals surface area contributed by atoms with Crippen LogP contribution in [0.15, 0.2) is 12.1 Å². The number of aromatic nitrogens is 4. The molecule has 3 amide bonds. The molecule has 170 valence electrons. The third-order valence-electron chi connectivity index (χ3n) is 5.28. The van der Waals surface area contributed by atoms with Gasteiger partial charge < -0.3 is 9.84 Å². The molecule has 0 spiro atoms. The van der Waals surface area contributed by atoms with Crippen LogP contribution >= 0.6 is 11.3 Å². The van der Waals surface area contributed by atoms with Crippen LogP contribution in [-0.2, 0) is 16.0 Å². The molecule has 0 aliphatic carbocycles. The van der Waals surface area contributed by atoms with Crippen LogP contribution in [-0.4, -0.2) is 68.9 Å². The average molecular weight is 451 g/mol. The number of likely N-dealkylation sites (N-methyl/N-ethyl adjacent to an activating group) is 1. The van der Waals surface area contributed by atoms with E-state index in [9.17, 15) is 14.7 Å². The molecule has 10 nitrogen and oxygen atoms in total. The number of rotatable bonds is 13. The minimum atomic E-state index is -0.696. The average Bonchev–Trinajstić information content (AvgIpc) is 3.49. The van der Waals surface area contributed by atoms with Crippen molar-refractivity contribution < 1.29 is 19.4 Å². The van der Waals surface area contributed by atoms with Crippen LogP contribution in [0.2, 0.25) is 0 Å². The van der Waals surface area contributed by atoms with E-state index in [4.69, 9.17) is 4.74 Å². The molecule has 2 aromatic heterocycles. The van der Waals surface area contributed by atoms with Crippen LogP contribution < -0.4 is 4.90 Å². The molecule has 0 saturated carbocycles. The lowest BCUT2D eigenvalue weighted by Gasteiger charge is -2.20. The molecule has 2 unspecified atom stereocenters.